The lowest BCUT2D eigenvalue weighted by Crippen LogP contribution is -2.21. The van der Waals surface area contributed by atoms with Crippen molar-refractivity contribution < 1.29 is 19.5 Å². The number of carbonyl (C=O) groups excluding carboxylic acids is 2. The van der Waals surface area contributed by atoms with E-state index in [0.717, 1.165) is 0 Å². The molecule has 1 aliphatic rings. The van der Waals surface area contributed by atoms with Crippen molar-refractivity contribution in [2.75, 3.05) is 5.32 Å². The van der Waals surface area contributed by atoms with Crippen LogP contribution in [0, 0.1) is 11.8 Å². The third kappa shape index (κ3) is 3.23. The largest absolute Gasteiger partial charge is 0.481 e. The second-order valence-corrected chi connectivity index (χ2v) is 5.17. The number of carboxylic acids is 1. The number of carbonyl (C=O) groups is 3. The Labute approximate surface area is 117 Å². The zero-order chi connectivity index (χ0) is 14.7. The Balaban J connectivity index is 2.00. The number of hydrogen-bond acceptors (Lipinski definition) is 3. The van der Waals surface area contributed by atoms with Gasteiger partial charge in [-0.3, -0.25) is 14.4 Å². The van der Waals surface area contributed by atoms with Crippen LogP contribution in [0.25, 0.3) is 0 Å². The van der Waals surface area contributed by atoms with Crippen LogP contribution >= 0.6 is 0 Å². The molecule has 2 N–H and O–H groups in total. The van der Waals surface area contributed by atoms with E-state index in [1.54, 1.807) is 24.3 Å². The molecule has 5 nitrogen and oxygen atoms in total. The Morgan fingerprint density at radius 3 is 2.50 bits per heavy atom. The molecule has 2 rings (SSSR count). The number of carboxylic acid groups (broad SMARTS) is 1. The Bertz CT molecular complexity index is 553. The molecule has 0 spiro atoms. The predicted octanol–water partition coefficient (Wildman–Crippen LogP) is 2.33. The molecule has 0 heterocycles. The van der Waals surface area contributed by atoms with Crippen molar-refractivity contribution in [1.29, 1.82) is 0 Å². The number of hydrogen-bond donors (Lipinski definition) is 2. The first kappa shape index (κ1) is 14.2. The predicted molar refractivity (Wildman–Crippen MR) is 73.5 cm³/mol. The molecule has 106 valence electrons. The molecule has 0 aromatic heterocycles. The summed E-state index contributed by atoms with van der Waals surface area (Å²) in [7, 11) is 0. The minimum atomic E-state index is -0.834. The van der Waals surface area contributed by atoms with Crippen LogP contribution in [0.1, 0.15) is 36.5 Å². The Morgan fingerprint density at radius 1 is 1.20 bits per heavy atom. The van der Waals surface area contributed by atoms with Crippen LogP contribution in [0.2, 0.25) is 0 Å². The number of anilines is 1. The van der Waals surface area contributed by atoms with E-state index in [1.165, 1.54) is 6.92 Å². The first-order chi connectivity index (χ1) is 9.47. The van der Waals surface area contributed by atoms with Crippen LogP contribution in [-0.4, -0.2) is 22.8 Å². The molecule has 2 atom stereocenters. The molecule has 0 saturated heterocycles. The lowest BCUT2D eigenvalue weighted by molar-refractivity contribution is -0.141. The zero-order valence-corrected chi connectivity index (χ0v) is 11.3. The lowest BCUT2D eigenvalue weighted by atomic mass is 10.0. The van der Waals surface area contributed by atoms with Gasteiger partial charge in [-0.1, -0.05) is 12.1 Å². The third-order valence-electron chi connectivity index (χ3n) is 3.69. The molecule has 1 amide bonds. The summed E-state index contributed by atoms with van der Waals surface area (Å²) < 4.78 is 0. The number of benzene rings is 1. The molecule has 1 aromatic carbocycles. The molecule has 1 aliphatic carbocycles. The summed E-state index contributed by atoms with van der Waals surface area (Å²) in [5, 5.41) is 11.7. The summed E-state index contributed by atoms with van der Waals surface area (Å²) in [6.07, 6.45) is 1.52. The molecular formula is C15H17NO4. The van der Waals surface area contributed by atoms with E-state index < -0.39 is 11.9 Å². The van der Waals surface area contributed by atoms with Gasteiger partial charge in [0.1, 0.15) is 0 Å². The van der Waals surface area contributed by atoms with Gasteiger partial charge in [0, 0.05) is 17.2 Å². The van der Waals surface area contributed by atoms with Gasteiger partial charge in [0.05, 0.1) is 5.92 Å². The maximum absolute atomic E-state index is 12.1. The molecule has 1 fully saturated rings. The van der Waals surface area contributed by atoms with E-state index >= 15 is 0 Å². The molecule has 0 aliphatic heterocycles. The molecule has 2 unspecified atom stereocenters. The van der Waals surface area contributed by atoms with Crippen molar-refractivity contribution in [3.63, 3.8) is 0 Å². The fourth-order valence-electron chi connectivity index (χ4n) is 2.50. The third-order valence-corrected chi connectivity index (χ3v) is 3.69. The molecule has 0 bridgehead atoms. The molecule has 20 heavy (non-hydrogen) atoms. The minimum absolute atomic E-state index is 0.0621. The van der Waals surface area contributed by atoms with Crippen molar-refractivity contribution >= 4 is 23.3 Å². The van der Waals surface area contributed by atoms with Gasteiger partial charge in [-0.15, -0.1) is 0 Å². The van der Waals surface area contributed by atoms with Gasteiger partial charge in [-0.25, -0.2) is 0 Å². The highest BCUT2D eigenvalue weighted by Gasteiger charge is 2.33. The van der Waals surface area contributed by atoms with E-state index in [1.807, 2.05) is 0 Å². The van der Waals surface area contributed by atoms with Crippen molar-refractivity contribution in [1.82, 2.24) is 0 Å². The van der Waals surface area contributed by atoms with Crippen molar-refractivity contribution in [2.45, 2.75) is 26.2 Å². The number of aliphatic carboxylic acids is 1. The highest BCUT2D eigenvalue weighted by atomic mass is 16.4. The molecule has 1 saturated carbocycles. The monoisotopic (exact) mass is 275 g/mol. The fraction of sp³-hybridized carbons (Fsp3) is 0.400. The van der Waals surface area contributed by atoms with Gasteiger partial charge >= 0.3 is 5.97 Å². The van der Waals surface area contributed by atoms with Crippen LogP contribution < -0.4 is 5.32 Å². The van der Waals surface area contributed by atoms with Crippen molar-refractivity contribution in [2.24, 2.45) is 11.8 Å². The Kier molecular flexibility index (Phi) is 4.17. The van der Waals surface area contributed by atoms with Gasteiger partial charge in [0.25, 0.3) is 0 Å². The van der Waals surface area contributed by atoms with Gasteiger partial charge in [0.15, 0.2) is 5.78 Å². The van der Waals surface area contributed by atoms with Gasteiger partial charge in [0.2, 0.25) is 5.91 Å². The number of rotatable bonds is 4. The molecule has 1 aromatic rings. The second kappa shape index (κ2) is 5.86. The zero-order valence-electron chi connectivity index (χ0n) is 11.3. The normalized spacial score (nSPS) is 21.4. The maximum Gasteiger partial charge on any atom is 0.306 e. The highest BCUT2D eigenvalue weighted by Crippen LogP contribution is 2.31. The summed E-state index contributed by atoms with van der Waals surface area (Å²) in [5.41, 5.74) is 1.11. The van der Waals surface area contributed by atoms with Gasteiger partial charge in [-0.05, 0) is 38.3 Å². The van der Waals surface area contributed by atoms with Crippen LogP contribution in [0.4, 0.5) is 5.69 Å². The quantitative estimate of drug-likeness (QED) is 0.826. The van der Waals surface area contributed by atoms with E-state index in [4.69, 9.17) is 5.11 Å². The SMILES string of the molecule is CC(=O)c1cccc(NC(=O)C2CCC(C(=O)O)C2)c1. The highest BCUT2D eigenvalue weighted by molar-refractivity contribution is 5.97. The number of nitrogens with one attached hydrogen (secondary N) is 1. The maximum atomic E-state index is 12.1. The average Bonchev–Trinajstić information content (AvgIpc) is 2.88. The lowest BCUT2D eigenvalue weighted by Gasteiger charge is -2.11. The minimum Gasteiger partial charge on any atom is -0.481 e. The molecule has 5 heteroatoms. The van der Waals surface area contributed by atoms with Gasteiger partial charge in [-0.2, -0.15) is 0 Å². The Hall–Kier alpha value is -2.17. The summed E-state index contributed by atoms with van der Waals surface area (Å²) in [4.78, 5) is 34.2. The van der Waals surface area contributed by atoms with E-state index in [-0.39, 0.29) is 17.6 Å². The van der Waals surface area contributed by atoms with Crippen molar-refractivity contribution in [3.05, 3.63) is 29.8 Å². The summed E-state index contributed by atoms with van der Waals surface area (Å²) >= 11 is 0. The van der Waals surface area contributed by atoms with Crippen LogP contribution in [-0.2, 0) is 9.59 Å². The summed E-state index contributed by atoms with van der Waals surface area (Å²) in [6, 6.07) is 6.74. The molecule has 0 radical (unpaired) electrons. The average molecular weight is 275 g/mol. The van der Waals surface area contributed by atoms with Crippen LogP contribution in [0.15, 0.2) is 24.3 Å². The number of Topliss-reactive ketones (excluding diaryl/α,β-unsaturated/α-hetero) is 1. The van der Waals surface area contributed by atoms with E-state index in [2.05, 4.69) is 5.32 Å². The fourth-order valence-corrected chi connectivity index (χ4v) is 2.50. The van der Waals surface area contributed by atoms with E-state index in [9.17, 15) is 14.4 Å². The summed E-state index contributed by atoms with van der Waals surface area (Å²) in [5.74, 6) is -1.76. The second-order valence-electron chi connectivity index (χ2n) is 5.17. The van der Waals surface area contributed by atoms with Crippen LogP contribution in [0.3, 0.4) is 0 Å². The number of ketones is 1. The van der Waals surface area contributed by atoms with Gasteiger partial charge < -0.3 is 10.4 Å². The topological polar surface area (TPSA) is 83.5 Å². The van der Waals surface area contributed by atoms with Crippen LogP contribution in [0.5, 0.6) is 0 Å². The number of amides is 1. The summed E-state index contributed by atoms with van der Waals surface area (Å²) in [6.45, 7) is 1.47. The molecular weight excluding hydrogens is 258 g/mol. The first-order valence-electron chi connectivity index (χ1n) is 6.62. The standard InChI is InChI=1S/C15H17NO4/c1-9(17)10-3-2-4-13(8-10)16-14(18)11-5-6-12(7-11)15(19)20/h2-4,8,11-12H,5-7H2,1H3,(H,16,18)(H,19,20). The first-order valence-corrected chi connectivity index (χ1v) is 6.62. The smallest absolute Gasteiger partial charge is 0.306 e. The van der Waals surface area contributed by atoms with E-state index in [0.29, 0.717) is 30.5 Å². The Morgan fingerprint density at radius 2 is 1.90 bits per heavy atom. The van der Waals surface area contributed by atoms with Crippen molar-refractivity contribution in [3.8, 4) is 0 Å².